The van der Waals surface area contributed by atoms with E-state index >= 15 is 0 Å². The van der Waals surface area contributed by atoms with E-state index in [1.165, 1.54) is 11.3 Å². The van der Waals surface area contributed by atoms with E-state index < -0.39 is 23.8 Å². The zero-order chi connectivity index (χ0) is 19.1. The van der Waals surface area contributed by atoms with Crippen molar-refractivity contribution in [3.63, 3.8) is 0 Å². The number of hydrogen-bond donors (Lipinski definition) is 1. The number of carbonyl (C=O) groups excluding carboxylic acids is 3. The van der Waals surface area contributed by atoms with E-state index in [4.69, 9.17) is 0 Å². The summed E-state index contributed by atoms with van der Waals surface area (Å²) in [6.07, 6.45) is 2.59. The molecule has 2 heterocycles. The molecular weight excluding hydrogens is 364 g/mol. The molecule has 0 radical (unpaired) electrons. The van der Waals surface area contributed by atoms with Crippen molar-refractivity contribution in [2.24, 2.45) is 5.92 Å². The van der Waals surface area contributed by atoms with Gasteiger partial charge < -0.3 is 0 Å². The van der Waals surface area contributed by atoms with Crippen molar-refractivity contribution in [3.05, 3.63) is 40.4 Å². The van der Waals surface area contributed by atoms with Crippen molar-refractivity contribution in [1.82, 2.24) is 15.1 Å². The van der Waals surface area contributed by atoms with Crippen LogP contribution in [0.2, 0.25) is 0 Å². The Balaban J connectivity index is 1.58. The molecule has 0 unspecified atom stereocenters. The summed E-state index contributed by atoms with van der Waals surface area (Å²) in [5.74, 6) is -0.672. The topological polar surface area (TPSA) is 92.3 Å². The second-order valence-electron chi connectivity index (χ2n) is 7.38. The molecule has 1 fully saturated rings. The van der Waals surface area contributed by atoms with Crippen LogP contribution >= 0.6 is 11.3 Å². The largest absolute Gasteiger partial charge is 0.299 e. The summed E-state index contributed by atoms with van der Waals surface area (Å²) in [6, 6.07) is 5.78. The first kappa shape index (κ1) is 17.8. The number of benzene rings is 1. The Morgan fingerprint density at radius 1 is 1.19 bits per heavy atom. The van der Waals surface area contributed by atoms with E-state index in [0.717, 1.165) is 22.7 Å². The molecule has 1 N–H and O–H groups in total. The quantitative estimate of drug-likeness (QED) is 0.773. The predicted molar refractivity (Wildman–Crippen MR) is 101 cm³/mol. The van der Waals surface area contributed by atoms with Crippen LogP contribution in [0, 0.1) is 5.92 Å². The van der Waals surface area contributed by atoms with Crippen LogP contribution in [0.1, 0.15) is 64.8 Å². The molecule has 0 spiro atoms. The van der Waals surface area contributed by atoms with Gasteiger partial charge in [-0.3, -0.25) is 24.6 Å². The van der Waals surface area contributed by atoms with Crippen LogP contribution in [0.15, 0.2) is 24.3 Å². The number of fused-ring (bicyclic) bond motifs is 1. The van der Waals surface area contributed by atoms with Crippen molar-refractivity contribution in [1.29, 1.82) is 0 Å². The van der Waals surface area contributed by atoms with E-state index in [-0.39, 0.29) is 5.92 Å². The molecule has 4 rings (SSSR count). The van der Waals surface area contributed by atoms with Gasteiger partial charge in [0.2, 0.25) is 11.0 Å². The first-order valence-electron chi connectivity index (χ1n) is 9.07. The number of carbonyl (C=O) groups is 3. The summed E-state index contributed by atoms with van der Waals surface area (Å²) < 4.78 is 0. The molecule has 1 saturated carbocycles. The maximum atomic E-state index is 13.0. The number of amides is 3. The summed E-state index contributed by atoms with van der Waals surface area (Å²) in [5, 5.41) is 12.2. The minimum Gasteiger partial charge on any atom is -0.299 e. The fourth-order valence-electron chi connectivity index (χ4n) is 3.24. The van der Waals surface area contributed by atoms with E-state index in [1.54, 1.807) is 24.3 Å². The second kappa shape index (κ2) is 6.84. The van der Waals surface area contributed by atoms with Crippen molar-refractivity contribution in [2.45, 2.75) is 45.1 Å². The van der Waals surface area contributed by atoms with Gasteiger partial charge in [-0.15, -0.1) is 10.2 Å². The van der Waals surface area contributed by atoms with Gasteiger partial charge in [0.15, 0.2) is 0 Å². The zero-order valence-corrected chi connectivity index (χ0v) is 16.0. The molecule has 1 aliphatic carbocycles. The maximum absolute atomic E-state index is 13.0. The number of imide groups is 1. The molecule has 0 saturated heterocycles. The highest BCUT2D eigenvalue weighted by Crippen LogP contribution is 2.42. The lowest BCUT2D eigenvalue weighted by molar-refractivity contribution is -0.120. The molecule has 2 aliphatic rings. The Hall–Kier alpha value is -2.61. The standard InChI is InChI=1S/C19H20N4O3S/c1-10(2)9-14(15(24)20-19-22-21-16(27-19)11-7-8-11)23-17(25)12-5-3-4-6-13(12)18(23)26/h3-6,10-11,14H,7-9H2,1-2H3,(H,20,22,24)/t14-/m0/s1. The third kappa shape index (κ3) is 3.37. The molecule has 140 valence electrons. The lowest BCUT2D eigenvalue weighted by Gasteiger charge is -2.26. The zero-order valence-electron chi connectivity index (χ0n) is 15.1. The minimum atomic E-state index is -0.884. The summed E-state index contributed by atoms with van der Waals surface area (Å²) in [5.41, 5.74) is 0.687. The molecule has 0 bridgehead atoms. The second-order valence-corrected chi connectivity index (χ2v) is 8.39. The summed E-state index contributed by atoms with van der Waals surface area (Å²) >= 11 is 1.36. The van der Waals surface area contributed by atoms with Crippen LogP contribution in [0.4, 0.5) is 5.13 Å². The molecular formula is C19H20N4O3S. The molecule has 2 aromatic rings. The first-order valence-corrected chi connectivity index (χ1v) is 9.88. The van der Waals surface area contributed by atoms with Crippen molar-refractivity contribution in [2.75, 3.05) is 5.32 Å². The average Bonchev–Trinajstić information content (AvgIpc) is 3.34. The monoisotopic (exact) mass is 384 g/mol. The van der Waals surface area contributed by atoms with E-state index in [0.29, 0.717) is 28.6 Å². The van der Waals surface area contributed by atoms with E-state index in [2.05, 4.69) is 15.5 Å². The number of hydrogen-bond acceptors (Lipinski definition) is 6. The summed E-state index contributed by atoms with van der Waals surface area (Å²) in [7, 11) is 0. The van der Waals surface area contributed by atoms with Gasteiger partial charge in [0.1, 0.15) is 11.0 Å². The Labute approximate surface area is 160 Å². The Morgan fingerprint density at radius 2 is 1.81 bits per heavy atom. The van der Waals surface area contributed by atoms with Crippen molar-refractivity contribution >= 4 is 34.2 Å². The van der Waals surface area contributed by atoms with Crippen molar-refractivity contribution < 1.29 is 14.4 Å². The third-order valence-corrected chi connectivity index (χ3v) is 5.73. The van der Waals surface area contributed by atoms with E-state index in [9.17, 15) is 14.4 Å². The molecule has 1 atom stereocenters. The van der Waals surface area contributed by atoms with Gasteiger partial charge in [-0.25, -0.2) is 0 Å². The molecule has 27 heavy (non-hydrogen) atoms. The molecule has 1 aromatic carbocycles. The lowest BCUT2D eigenvalue weighted by Crippen LogP contribution is -2.47. The predicted octanol–water partition coefficient (Wildman–Crippen LogP) is 3.06. The van der Waals surface area contributed by atoms with Gasteiger partial charge in [0.05, 0.1) is 11.1 Å². The summed E-state index contributed by atoms with van der Waals surface area (Å²) in [6.45, 7) is 3.91. The normalized spacial score (nSPS) is 17.4. The van der Waals surface area contributed by atoms with Gasteiger partial charge >= 0.3 is 0 Å². The highest BCUT2D eigenvalue weighted by Gasteiger charge is 2.43. The van der Waals surface area contributed by atoms with Crippen LogP contribution in [0.25, 0.3) is 0 Å². The van der Waals surface area contributed by atoms with Crippen LogP contribution < -0.4 is 5.32 Å². The van der Waals surface area contributed by atoms with Crippen molar-refractivity contribution in [3.8, 4) is 0 Å². The molecule has 3 amide bonds. The Morgan fingerprint density at radius 3 is 2.37 bits per heavy atom. The fourth-order valence-corrected chi connectivity index (χ4v) is 4.15. The fraction of sp³-hybridized carbons (Fsp3) is 0.421. The number of nitrogens with zero attached hydrogens (tertiary/aromatic N) is 3. The molecule has 1 aliphatic heterocycles. The number of anilines is 1. The van der Waals surface area contributed by atoms with Gasteiger partial charge in [0.25, 0.3) is 11.8 Å². The molecule has 1 aromatic heterocycles. The SMILES string of the molecule is CC(C)C[C@@H](C(=O)Nc1nnc(C2CC2)s1)N1C(=O)c2ccccc2C1=O. The highest BCUT2D eigenvalue weighted by molar-refractivity contribution is 7.15. The lowest BCUT2D eigenvalue weighted by atomic mass is 10.0. The molecule has 7 nitrogen and oxygen atoms in total. The van der Waals surface area contributed by atoms with Gasteiger partial charge in [-0.1, -0.05) is 37.3 Å². The third-order valence-electron chi connectivity index (χ3n) is 4.73. The first-order chi connectivity index (χ1) is 13.0. The van der Waals surface area contributed by atoms with E-state index in [1.807, 2.05) is 13.8 Å². The smallest absolute Gasteiger partial charge is 0.262 e. The van der Waals surface area contributed by atoms with Crippen LogP contribution in [-0.2, 0) is 4.79 Å². The van der Waals surface area contributed by atoms with Gasteiger partial charge in [-0.05, 0) is 37.3 Å². The Kier molecular flexibility index (Phi) is 4.51. The number of aromatic nitrogens is 2. The highest BCUT2D eigenvalue weighted by atomic mass is 32.1. The van der Waals surface area contributed by atoms with Crippen LogP contribution in [0.5, 0.6) is 0 Å². The average molecular weight is 384 g/mol. The minimum absolute atomic E-state index is 0.126. The number of rotatable bonds is 6. The van der Waals surface area contributed by atoms with Crippen LogP contribution in [-0.4, -0.2) is 38.9 Å². The van der Waals surface area contributed by atoms with Gasteiger partial charge in [-0.2, -0.15) is 0 Å². The Bertz CT molecular complexity index is 884. The van der Waals surface area contributed by atoms with Crippen LogP contribution in [0.3, 0.4) is 0 Å². The number of nitrogens with one attached hydrogen (secondary N) is 1. The maximum Gasteiger partial charge on any atom is 0.262 e. The van der Waals surface area contributed by atoms with Gasteiger partial charge in [0, 0.05) is 5.92 Å². The molecule has 8 heteroatoms. The summed E-state index contributed by atoms with van der Waals surface area (Å²) in [4.78, 5) is 39.6.